The Hall–Kier alpha value is 1.51. The van der Waals surface area contributed by atoms with Gasteiger partial charge in [-0.2, -0.15) is 0 Å². The number of aliphatic hydroxyl groups excluding tert-OH is 1. The number of aliphatic hydroxyl groups is 1. The van der Waals surface area contributed by atoms with Gasteiger partial charge in [-0.3, -0.25) is 0 Å². The molecule has 0 fully saturated rings. The van der Waals surface area contributed by atoms with Crippen molar-refractivity contribution in [3.8, 4) is 0 Å². The summed E-state index contributed by atoms with van der Waals surface area (Å²) in [4.78, 5) is 0. The minimum absolute atomic E-state index is 0. The summed E-state index contributed by atoms with van der Waals surface area (Å²) in [7, 11) is -4.38. The first kappa shape index (κ1) is 28.7. The fraction of sp³-hybridized carbons (Fsp3) is 1.00. The third-order valence-corrected chi connectivity index (χ3v) is 6.12. The molecule has 0 heterocycles. The molecule has 0 aromatic rings. The molecule has 0 bridgehead atoms. The summed E-state index contributed by atoms with van der Waals surface area (Å²) < 4.78 is 33.1. The Morgan fingerprint density at radius 2 is 1.08 bits per heavy atom. The molecule has 0 saturated carbocycles. The van der Waals surface area contributed by atoms with E-state index in [4.69, 9.17) is 0 Å². The third-order valence-electron chi connectivity index (χ3n) is 4.75. The molecule has 1 N–H and O–H groups in total. The van der Waals surface area contributed by atoms with E-state index in [9.17, 15) is 18.1 Å². The summed E-state index contributed by atoms with van der Waals surface area (Å²) in [5.41, 5.74) is 0. The quantitative estimate of drug-likeness (QED) is 0.230. The predicted octanol–water partition coefficient (Wildman–Crippen LogP) is 2.16. The maximum Gasteiger partial charge on any atom is 1.00 e. The molecule has 0 radical (unpaired) electrons. The standard InChI is InChI=1S/C19H40O4S.K/c1-3-4-5-6-7-8-9-10-11-12-13-14-15-16-17-19(18(2)20)24(21,22)23;/h18-20H,3-17H2,1-2H3,(H,21,22,23);/q;+1/p-1. The largest absolute Gasteiger partial charge is 1.00 e. The van der Waals surface area contributed by atoms with Gasteiger partial charge in [0, 0.05) is 0 Å². The van der Waals surface area contributed by atoms with Crippen LogP contribution in [-0.4, -0.2) is 29.4 Å². The zero-order valence-corrected chi connectivity index (χ0v) is 20.8. The van der Waals surface area contributed by atoms with Crippen LogP contribution in [-0.2, 0) is 10.1 Å². The monoisotopic (exact) mass is 402 g/mol. The molecular weight excluding hydrogens is 363 g/mol. The van der Waals surface area contributed by atoms with Crippen LogP contribution in [0.4, 0.5) is 0 Å². The van der Waals surface area contributed by atoms with Gasteiger partial charge >= 0.3 is 51.4 Å². The number of hydrogen-bond acceptors (Lipinski definition) is 4. The molecule has 25 heavy (non-hydrogen) atoms. The van der Waals surface area contributed by atoms with Crippen LogP contribution in [0.5, 0.6) is 0 Å². The second-order valence-electron chi connectivity index (χ2n) is 7.16. The molecule has 6 heteroatoms. The zero-order chi connectivity index (χ0) is 18.3. The molecule has 0 aromatic carbocycles. The van der Waals surface area contributed by atoms with Crippen molar-refractivity contribution in [1.29, 1.82) is 0 Å². The first-order valence-corrected chi connectivity index (χ1v) is 11.5. The molecule has 146 valence electrons. The summed E-state index contributed by atoms with van der Waals surface area (Å²) in [6, 6.07) is 0. The Labute approximate surface area is 199 Å². The van der Waals surface area contributed by atoms with E-state index in [2.05, 4.69) is 6.92 Å². The number of rotatable bonds is 17. The minimum Gasteiger partial charge on any atom is -0.748 e. The Morgan fingerprint density at radius 3 is 1.36 bits per heavy atom. The van der Waals surface area contributed by atoms with Crippen molar-refractivity contribution >= 4 is 10.1 Å². The van der Waals surface area contributed by atoms with Crippen molar-refractivity contribution in [3.05, 3.63) is 0 Å². The van der Waals surface area contributed by atoms with E-state index in [-0.39, 0.29) is 57.8 Å². The summed E-state index contributed by atoms with van der Waals surface area (Å²) in [5.74, 6) is 0. The van der Waals surface area contributed by atoms with Crippen LogP contribution in [0, 0.1) is 0 Å². The van der Waals surface area contributed by atoms with Gasteiger partial charge in [0.05, 0.1) is 11.4 Å². The Morgan fingerprint density at radius 1 is 0.760 bits per heavy atom. The first-order valence-electron chi connectivity index (χ1n) is 10.0. The molecule has 0 saturated heterocycles. The van der Waals surface area contributed by atoms with Crippen LogP contribution in [0.1, 0.15) is 110 Å². The Kier molecular flexibility index (Phi) is 21.7. The maximum atomic E-state index is 11.0. The maximum absolute atomic E-state index is 11.0. The van der Waals surface area contributed by atoms with Crippen molar-refractivity contribution in [2.45, 2.75) is 122 Å². The second kappa shape index (κ2) is 18.9. The average Bonchev–Trinajstić information content (AvgIpc) is 2.49. The smallest absolute Gasteiger partial charge is 0.748 e. The number of unbranched alkanes of at least 4 members (excludes halogenated alkanes) is 13. The van der Waals surface area contributed by atoms with Crippen molar-refractivity contribution < 1.29 is 69.5 Å². The van der Waals surface area contributed by atoms with Crippen LogP contribution >= 0.6 is 0 Å². The van der Waals surface area contributed by atoms with Gasteiger partial charge < -0.3 is 9.66 Å². The molecule has 2 unspecified atom stereocenters. The van der Waals surface area contributed by atoms with E-state index >= 15 is 0 Å². The molecule has 0 aliphatic rings. The van der Waals surface area contributed by atoms with Gasteiger partial charge in [0.25, 0.3) is 0 Å². The molecule has 0 aromatic heterocycles. The normalized spacial score (nSPS) is 14.1. The van der Waals surface area contributed by atoms with Gasteiger partial charge in [0.1, 0.15) is 10.1 Å². The summed E-state index contributed by atoms with van der Waals surface area (Å²) in [5, 5.41) is 8.23. The van der Waals surface area contributed by atoms with E-state index in [0.717, 1.165) is 12.8 Å². The fourth-order valence-electron chi connectivity index (χ4n) is 3.17. The van der Waals surface area contributed by atoms with Crippen LogP contribution < -0.4 is 51.4 Å². The zero-order valence-electron chi connectivity index (χ0n) is 16.8. The van der Waals surface area contributed by atoms with Gasteiger partial charge in [-0.15, -0.1) is 0 Å². The summed E-state index contributed by atoms with van der Waals surface area (Å²) in [6.45, 7) is 3.63. The SMILES string of the molecule is CCCCCCCCCCCCCCCCC(C(C)O)S(=O)(=O)[O-].[K+]. The summed E-state index contributed by atoms with van der Waals surface area (Å²) in [6.07, 6.45) is 16.5. The van der Waals surface area contributed by atoms with Crippen molar-refractivity contribution in [2.75, 3.05) is 0 Å². The first-order chi connectivity index (χ1) is 11.4. The number of hydrogen-bond donors (Lipinski definition) is 1. The van der Waals surface area contributed by atoms with Gasteiger partial charge in [0.2, 0.25) is 0 Å². The van der Waals surface area contributed by atoms with E-state index in [1.807, 2.05) is 0 Å². The third kappa shape index (κ3) is 18.6. The van der Waals surface area contributed by atoms with E-state index < -0.39 is 21.5 Å². The topological polar surface area (TPSA) is 77.4 Å². The minimum atomic E-state index is -4.38. The van der Waals surface area contributed by atoms with E-state index in [1.165, 1.54) is 77.6 Å². The van der Waals surface area contributed by atoms with Gasteiger partial charge in [-0.25, -0.2) is 8.42 Å². The van der Waals surface area contributed by atoms with E-state index in [1.54, 1.807) is 0 Å². The van der Waals surface area contributed by atoms with Crippen LogP contribution in [0.15, 0.2) is 0 Å². The van der Waals surface area contributed by atoms with Gasteiger partial charge in [-0.1, -0.05) is 96.8 Å². The van der Waals surface area contributed by atoms with Crippen molar-refractivity contribution in [1.82, 2.24) is 0 Å². The molecule has 0 rings (SSSR count). The predicted molar refractivity (Wildman–Crippen MR) is 100 cm³/mol. The van der Waals surface area contributed by atoms with Crippen LogP contribution in [0.2, 0.25) is 0 Å². The Bertz CT molecular complexity index is 372. The van der Waals surface area contributed by atoms with Crippen LogP contribution in [0.25, 0.3) is 0 Å². The van der Waals surface area contributed by atoms with Gasteiger partial charge in [-0.05, 0) is 13.3 Å². The van der Waals surface area contributed by atoms with Crippen molar-refractivity contribution in [2.24, 2.45) is 0 Å². The molecule has 0 aliphatic carbocycles. The average molecular weight is 403 g/mol. The second-order valence-corrected chi connectivity index (χ2v) is 8.75. The van der Waals surface area contributed by atoms with E-state index in [0.29, 0.717) is 6.42 Å². The summed E-state index contributed by atoms with van der Waals surface area (Å²) >= 11 is 0. The molecular formula is C19H39KO4S. The van der Waals surface area contributed by atoms with Crippen molar-refractivity contribution in [3.63, 3.8) is 0 Å². The molecule has 4 nitrogen and oxygen atoms in total. The van der Waals surface area contributed by atoms with Gasteiger partial charge in [0.15, 0.2) is 0 Å². The molecule has 2 atom stereocenters. The molecule has 0 spiro atoms. The van der Waals surface area contributed by atoms with Crippen LogP contribution in [0.3, 0.4) is 0 Å². The molecule has 0 aliphatic heterocycles. The molecule has 0 amide bonds. The Balaban J connectivity index is 0. The fourth-order valence-corrected chi connectivity index (χ4v) is 4.10.